The highest BCUT2D eigenvalue weighted by Crippen LogP contribution is 2.51. The summed E-state index contributed by atoms with van der Waals surface area (Å²) in [5, 5.41) is 4.72. The van der Waals surface area contributed by atoms with Crippen LogP contribution < -0.4 is 10.5 Å². The number of sulfonamides is 1. The molecule has 0 saturated heterocycles. The number of aromatic nitrogens is 1. The van der Waals surface area contributed by atoms with Gasteiger partial charge in [-0.15, -0.1) is 0 Å². The lowest BCUT2D eigenvalue weighted by Crippen LogP contribution is -2.48. The molecule has 144 valence electrons. The van der Waals surface area contributed by atoms with Gasteiger partial charge in [0.05, 0.1) is 14.8 Å². The maximum absolute atomic E-state index is 15.1. The summed E-state index contributed by atoms with van der Waals surface area (Å²) in [6.07, 6.45) is 0. The second kappa shape index (κ2) is 7.28. The van der Waals surface area contributed by atoms with Crippen molar-refractivity contribution < 1.29 is 21.7 Å². The van der Waals surface area contributed by atoms with Crippen LogP contribution in [0.5, 0.6) is 0 Å². The van der Waals surface area contributed by atoms with E-state index in [2.05, 4.69) is 10.5 Å². The minimum Gasteiger partial charge on any atom is -0.381 e. The number of para-hydroxylation sites is 1. The van der Waals surface area contributed by atoms with Crippen LogP contribution in [0.3, 0.4) is 0 Å². The number of hydrogen-bond donors (Lipinski definition) is 3. The summed E-state index contributed by atoms with van der Waals surface area (Å²) >= 11 is 12.1. The normalized spacial score (nSPS) is 23.7. The van der Waals surface area contributed by atoms with E-state index in [1.807, 2.05) is 0 Å². The van der Waals surface area contributed by atoms with Crippen molar-refractivity contribution in [1.82, 2.24) is 5.16 Å². The van der Waals surface area contributed by atoms with Crippen LogP contribution in [0.4, 0.5) is 14.5 Å². The molecule has 1 aliphatic carbocycles. The predicted octanol–water partition coefficient (Wildman–Crippen LogP) is 4.35. The van der Waals surface area contributed by atoms with Crippen molar-refractivity contribution in [2.45, 2.75) is 10.4 Å². The van der Waals surface area contributed by atoms with Crippen LogP contribution in [0.2, 0.25) is 0 Å². The van der Waals surface area contributed by atoms with Crippen molar-refractivity contribution in [2.24, 2.45) is 5.14 Å². The maximum Gasteiger partial charge on any atom is 0.259 e. The van der Waals surface area contributed by atoms with Gasteiger partial charge in [0.2, 0.25) is 10.0 Å². The molecule has 2 atom stereocenters. The van der Waals surface area contributed by atoms with E-state index in [1.165, 1.54) is 28.7 Å². The molecule has 27 heavy (non-hydrogen) atoms. The first-order chi connectivity index (χ1) is 12.5. The van der Waals surface area contributed by atoms with Gasteiger partial charge < -0.3 is 9.84 Å². The Morgan fingerprint density at radius 1 is 1.37 bits per heavy atom. The number of nitrogens with one attached hydrogen (secondary N) is 2. The van der Waals surface area contributed by atoms with Crippen LogP contribution in [0.25, 0.3) is 5.57 Å². The summed E-state index contributed by atoms with van der Waals surface area (Å²) in [4.78, 5) is 0. The molecule has 6 nitrogen and oxygen atoms in total. The average molecular weight is 546 g/mol. The number of nitrogens with two attached hydrogens (primary N) is 1. The Hall–Kier alpha value is -1.28. The van der Waals surface area contributed by atoms with E-state index in [-0.39, 0.29) is 25.3 Å². The standard InChI is InChI=1S/C15H11ClF2IN3O3S2/c16-15(18)13(17)11(19)10(8-6-9(26)22-25-8)12(14(15)27(20,23)24)21-7-4-2-1-3-5-7/h1-6,14,21H,(H,22,26)(H2,20,23,24). The fraction of sp³-hybridized carbons (Fsp3) is 0.133. The monoisotopic (exact) mass is 545 g/mol. The van der Waals surface area contributed by atoms with E-state index in [0.717, 1.165) is 0 Å². The first kappa shape index (κ1) is 20.5. The second-order valence-corrected chi connectivity index (χ2v) is 9.29. The van der Waals surface area contributed by atoms with Gasteiger partial charge in [-0.3, -0.25) is 0 Å². The molecule has 1 aliphatic rings. The maximum atomic E-state index is 15.1. The van der Waals surface area contributed by atoms with Gasteiger partial charge in [-0.25, -0.2) is 27.5 Å². The van der Waals surface area contributed by atoms with E-state index in [9.17, 15) is 12.8 Å². The Kier molecular flexibility index (Phi) is 5.51. The number of H-pyrrole nitrogens is 1. The summed E-state index contributed by atoms with van der Waals surface area (Å²) in [5.41, 5.74) is 0.0776. The Bertz CT molecular complexity index is 1110. The van der Waals surface area contributed by atoms with Gasteiger partial charge in [0.1, 0.15) is 4.64 Å². The number of primary sulfonamides is 1. The molecule has 2 aromatic rings. The molecule has 1 aromatic heterocycles. The van der Waals surface area contributed by atoms with Crippen molar-refractivity contribution in [3.63, 3.8) is 0 Å². The molecule has 0 bridgehead atoms. The van der Waals surface area contributed by atoms with Crippen LogP contribution in [0, 0.1) is 4.64 Å². The lowest BCUT2D eigenvalue weighted by atomic mass is 9.97. The minimum atomic E-state index is -4.68. The smallest absolute Gasteiger partial charge is 0.259 e. The van der Waals surface area contributed by atoms with E-state index in [0.29, 0.717) is 5.69 Å². The van der Waals surface area contributed by atoms with Gasteiger partial charge in [0, 0.05) is 11.8 Å². The molecule has 0 fully saturated rings. The van der Waals surface area contributed by atoms with Crippen LogP contribution in [-0.4, -0.2) is 24.0 Å². The predicted molar refractivity (Wildman–Crippen MR) is 110 cm³/mol. The van der Waals surface area contributed by atoms with Gasteiger partial charge in [0.15, 0.2) is 16.8 Å². The Morgan fingerprint density at radius 2 is 2.00 bits per heavy atom. The van der Waals surface area contributed by atoms with Gasteiger partial charge >= 0.3 is 0 Å². The molecule has 0 radical (unpaired) electrons. The van der Waals surface area contributed by atoms with Crippen molar-refractivity contribution in [3.05, 3.63) is 61.9 Å². The number of rotatable bonds is 4. The summed E-state index contributed by atoms with van der Waals surface area (Å²) in [6.45, 7) is 0. The van der Waals surface area contributed by atoms with Gasteiger partial charge in [-0.2, -0.15) is 0 Å². The first-order valence-electron chi connectivity index (χ1n) is 7.24. The molecule has 2 unspecified atom stereocenters. The fourth-order valence-corrected chi connectivity index (χ4v) is 5.48. The lowest BCUT2D eigenvalue weighted by Gasteiger charge is -2.34. The Balaban J connectivity index is 2.35. The average Bonchev–Trinajstić information content (AvgIpc) is 2.98. The van der Waals surface area contributed by atoms with Gasteiger partial charge in [-0.05, 0) is 34.7 Å². The zero-order valence-electron chi connectivity index (χ0n) is 13.2. The molecule has 0 amide bonds. The van der Waals surface area contributed by atoms with Crippen molar-refractivity contribution >= 4 is 67.7 Å². The number of halogens is 4. The largest absolute Gasteiger partial charge is 0.381 e. The molecule has 12 heteroatoms. The van der Waals surface area contributed by atoms with Crippen molar-refractivity contribution in [2.75, 3.05) is 5.32 Å². The van der Waals surface area contributed by atoms with E-state index in [4.69, 9.17) is 33.5 Å². The number of benzene rings is 1. The minimum absolute atomic E-state index is 0.00111. The first-order valence-corrected chi connectivity index (χ1v) is 10.7. The molecule has 1 aromatic carbocycles. The highest BCUT2D eigenvalue weighted by Gasteiger charge is 2.56. The third-order valence-electron chi connectivity index (χ3n) is 3.72. The molecule has 0 saturated carbocycles. The van der Waals surface area contributed by atoms with Gasteiger partial charge in [0.25, 0.3) is 5.13 Å². The molecule has 3 rings (SSSR count). The summed E-state index contributed by atoms with van der Waals surface area (Å²) in [7, 11) is -4.68. The SMILES string of the molecule is NS(=O)(=O)C1C(Nc2ccccc2)=C(c2cc(=S)[nH]o2)C(I)=C(F)C1(F)Cl. The second-order valence-electron chi connectivity index (χ2n) is 5.58. The summed E-state index contributed by atoms with van der Waals surface area (Å²) < 4.78 is 59.2. The topological polar surface area (TPSA) is 101 Å². The van der Waals surface area contributed by atoms with Crippen LogP contribution >= 0.6 is 46.4 Å². The van der Waals surface area contributed by atoms with Crippen molar-refractivity contribution in [3.8, 4) is 0 Å². The van der Waals surface area contributed by atoms with E-state index < -0.39 is 26.2 Å². The molecule has 1 heterocycles. The highest BCUT2D eigenvalue weighted by atomic mass is 127. The quantitative estimate of drug-likeness (QED) is 0.301. The number of aromatic amines is 1. The highest BCUT2D eigenvalue weighted by molar-refractivity contribution is 14.1. The van der Waals surface area contributed by atoms with Crippen LogP contribution in [-0.2, 0) is 10.0 Å². The van der Waals surface area contributed by atoms with Crippen LogP contribution in [0.15, 0.2) is 56.0 Å². The van der Waals surface area contributed by atoms with Gasteiger partial charge in [-0.1, -0.05) is 42.0 Å². The third kappa shape index (κ3) is 3.83. The Morgan fingerprint density at radius 3 is 2.52 bits per heavy atom. The van der Waals surface area contributed by atoms with Crippen molar-refractivity contribution in [1.29, 1.82) is 0 Å². The molecule has 0 aliphatic heterocycles. The number of anilines is 1. The number of alkyl halides is 2. The molecule has 4 N–H and O–H groups in total. The zero-order valence-corrected chi connectivity index (χ0v) is 17.7. The lowest BCUT2D eigenvalue weighted by molar-refractivity contribution is 0.274. The molecular formula is C15H11ClF2IN3O3S2. The molecule has 0 spiro atoms. The Labute approximate surface area is 176 Å². The third-order valence-corrected chi connectivity index (χ3v) is 6.66. The summed E-state index contributed by atoms with van der Waals surface area (Å²) in [5.74, 6) is -1.49. The number of allylic oxidation sites excluding steroid dienone is 3. The zero-order chi connectivity index (χ0) is 20.0. The molecular weight excluding hydrogens is 535 g/mol. The summed E-state index contributed by atoms with van der Waals surface area (Å²) in [6, 6.07) is 9.62. The number of hydrogen-bond acceptors (Lipinski definition) is 5. The van der Waals surface area contributed by atoms with E-state index >= 15 is 4.39 Å². The van der Waals surface area contributed by atoms with Crippen LogP contribution in [0.1, 0.15) is 5.76 Å². The van der Waals surface area contributed by atoms with E-state index in [1.54, 1.807) is 30.3 Å². The fourth-order valence-electron chi connectivity index (χ4n) is 2.62.